The lowest BCUT2D eigenvalue weighted by Gasteiger charge is -2.35. The van der Waals surface area contributed by atoms with Crippen molar-refractivity contribution in [2.75, 3.05) is 0 Å². The molecule has 0 radical (unpaired) electrons. The molecular weight excluding hydrogens is 448 g/mol. The minimum atomic E-state index is -1.80. The van der Waals surface area contributed by atoms with Gasteiger partial charge in [0.2, 0.25) is 0 Å². The van der Waals surface area contributed by atoms with E-state index >= 15 is 0 Å². The van der Waals surface area contributed by atoms with Gasteiger partial charge in [-0.25, -0.2) is 0 Å². The summed E-state index contributed by atoms with van der Waals surface area (Å²) in [5.41, 5.74) is 15.2. The molecular formula is C35H34Si. The van der Waals surface area contributed by atoms with Crippen LogP contribution in [0.25, 0.3) is 34.4 Å². The van der Waals surface area contributed by atoms with Crippen LogP contribution in [0.2, 0.25) is 13.1 Å². The minimum absolute atomic E-state index is 0.503. The first-order valence-corrected chi connectivity index (χ1v) is 16.4. The van der Waals surface area contributed by atoms with E-state index in [0.29, 0.717) is 11.1 Å². The molecule has 4 aromatic rings. The second-order valence-corrected chi connectivity index (χ2v) is 15.8. The van der Waals surface area contributed by atoms with Gasteiger partial charge in [-0.1, -0.05) is 129 Å². The molecule has 6 rings (SSSR count). The molecule has 178 valence electrons. The SMILES string of the molecule is CCc1ccccc1-c1cccc2c1C=CC2[Si](C)(C)C1C=Cc2c(-c3ccccc3C)cccc21. The smallest absolute Gasteiger partial charge is 0.0715 e. The Morgan fingerprint density at radius 3 is 1.67 bits per heavy atom. The second-order valence-electron chi connectivity index (χ2n) is 10.9. The highest BCUT2D eigenvalue weighted by Crippen LogP contribution is 2.50. The Bertz CT molecular complexity index is 1520. The molecule has 1 heteroatoms. The van der Waals surface area contributed by atoms with E-state index < -0.39 is 8.07 Å². The predicted octanol–water partition coefficient (Wildman–Crippen LogP) is 9.60. The maximum atomic E-state index is 2.59. The Morgan fingerprint density at radius 2 is 1.08 bits per heavy atom. The molecule has 0 saturated heterocycles. The van der Waals surface area contributed by atoms with Gasteiger partial charge in [0.1, 0.15) is 0 Å². The van der Waals surface area contributed by atoms with Crippen LogP contribution in [0, 0.1) is 6.92 Å². The van der Waals surface area contributed by atoms with Crippen molar-refractivity contribution in [1.29, 1.82) is 0 Å². The Morgan fingerprint density at radius 1 is 0.583 bits per heavy atom. The molecule has 0 nitrogen and oxygen atoms in total. The topological polar surface area (TPSA) is 0 Å². The number of aryl methyl sites for hydroxylation is 2. The van der Waals surface area contributed by atoms with Gasteiger partial charge in [0.15, 0.2) is 0 Å². The molecule has 0 bridgehead atoms. The van der Waals surface area contributed by atoms with Gasteiger partial charge in [-0.05, 0) is 80.1 Å². The van der Waals surface area contributed by atoms with E-state index in [1.807, 2.05) is 0 Å². The van der Waals surface area contributed by atoms with Crippen molar-refractivity contribution in [1.82, 2.24) is 0 Å². The Hall–Kier alpha value is -3.42. The fourth-order valence-electron chi connectivity index (χ4n) is 6.60. The lowest BCUT2D eigenvalue weighted by molar-refractivity contribution is 1.05. The van der Waals surface area contributed by atoms with Crippen molar-refractivity contribution in [2.45, 2.75) is 44.4 Å². The van der Waals surface area contributed by atoms with Crippen LogP contribution in [0.3, 0.4) is 0 Å². The lowest BCUT2D eigenvalue weighted by atomic mass is 9.93. The quantitative estimate of drug-likeness (QED) is 0.248. The van der Waals surface area contributed by atoms with Gasteiger partial charge in [-0.15, -0.1) is 0 Å². The van der Waals surface area contributed by atoms with E-state index in [1.54, 1.807) is 0 Å². The zero-order chi connectivity index (χ0) is 24.9. The van der Waals surface area contributed by atoms with Crippen LogP contribution >= 0.6 is 0 Å². The fraction of sp³-hybridized carbons (Fsp3) is 0.200. The number of allylic oxidation sites excluding steroid dienone is 2. The lowest BCUT2D eigenvalue weighted by Crippen LogP contribution is -2.40. The number of hydrogen-bond acceptors (Lipinski definition) is 0. The molecule has 36 heavy (non-hydrogen) atoms. The van der Waals surface area contributed by atoms with Gasteiger partial charge in [0.25, 0.3) is 0 Å². The molecule has 0 fully saturated rings. The van der Waals surface area contributed by atoms with Crippen LogP contribution in [0.1, 0.15) is 51.4 Å². The first-order chi connectivity index (χ1) is 17.5. The summed E-state index contributed by atoms with van der Waals surface area (Å²) in [5.74, 6) is 0. The van der Waals surface area contributed by atoms with Gasteiger partial charge in [0, 0.05) is 0 Å². The number of rotatable bonds is 5. The average Bonchev–Trinajstić information content (AvgIpc) is 3.54. The van der Waals surface area contributed by atoms with Crippen LogP contribution in [0.15, 0.2) is 97.1 Å². The third-order valence-electron chi connectivity index (χ3n) is 8.59. The van der Waals surface area contributed by atoms with Gasteiger partial charge < -0.3 is 0 Å². The molecule has 2 atom stereocenters. The molecule has 4 aromatic carbocycles. The largest absolute Gasteiger partial charge is 0.0791 e. The molecule has 0 aromatic heterocycles. The zero-order valence-electron chi connectivity index (χ0n) is 21.8. The zero-order valence-corrected chi connectivity index (χ0v) is 22.8. The summed E-state index contributed by atoms with van der Waals surface area (Å²) in [6, 6.07) is 31.6. The summed E-state index contributed by atoms with van der Waals surface area (Å²) in [6.45, 7) is 9.66. The van der Waals surface area contributed by atoms with Crippen molar-refractivity contribution in [3.8, 4) is 22.3 Å². The molecule has 2 aliphatic rings. The van der Waals surface area contributed by atoms with E-state index in [9.17, 15) is 0 Å². The maximum Gasteiger partial charge on any atom is 0.0715 e. The van der Waals surface area contributed by atoms with Crippen molar-refractivity contribution < 1.29 is 0 Å². The van der Waals surface area contributed by atoms with Crippen molar-refractivity contribution >= 4 is 20.2 Å². The third-order valence-corrected chi connectivity index (χ3v) is 12.8. The highest BCUT2D eigenvalue weighted by atomic mass is 28.3. The maximum absolute atomic E-state index is 2.59. The standard InChI is InChI=1S/C35H34Si/c1-5-25-13-7-9-15-27(25)29-17-11-19-33-31(29)21-23-35(33)36(3,4)34-22-20-30-28(16-10-18-32(30)34)26-14-8-6-12-24(26)2/h6-23,34-35H,5H2,1-4H3. The molecule has 0 spiro atoms. The molecule has 0 aliphatic heterocycles. The van der Waals surface area contributed by atoms with Crippen LogP contribution in [-0.4, -0.2) is 8.07 Å². The monoisotopic (exact) mass is 482 g/mol. The van der Waals surface area contributed by atoms with E-state index in [-0.39, 0.29) is 0 Å². The van der Waals surface area contributed by atoms with Crippen LogP contribution in [0.5, 0.6) is 0 Å². The summed E-state index contributed by atoms with van der Waals surface area (Å²) >= 11 is 0. The number of hydrogen-bond donors (Lipinski definition) is 0. The van der Waals surface area contributed by atoms with Crippen LogP contribution in [-0.2, 0) is 6.42 Å². The third kappa shape index (κ3) is 3.57. The summed E-state index contributed by atoms with van der Waals surface area (Å²) in [4.78, 5) is 0. The molecule has 0 saturated carbocycles. The first kappa shape index (κ1) is 23.0. The van der Waals surface area contributed by atoms with Crippen molar-refractivity contribution in [2.24, 2.45) is 0 Å². The number of benzene rings is 4. The molecule has 2 unspecified atom stereocenters. The molecule has 0 heterocycles. The van der Waals surface area contributed by atoms with Gasteiger partial charge in [-0.2, -0.15) is 0 Å². The van der Waals surface area contributed by atoms with Gasteiger partial charge in [-0.3, -0.25) is 0 Å². The molecule has 0 N–H and O–H groups in total. The van der Waals surface area contributed by atoms with E-state index in [0.717, 1.165) is 6.42 Å². The van der Waals surface area contributed by atoms with Gasteiger partial charge >= 0.3 is 0 Å². The van der Waals surface area contributed by atoms with Gasteiger partial charge in [0.05, 0.1) is 8.07 Å². The average molecular weight is 483 g/mol. The Kier molecular flexibility index (Phi) is 5.69. The van der Waals surface area contributed by atoms with Crippen LogP contribution in [0.4, 0.5) is 0 Å². The normalized spacial score (nSPS) is 17.9. The molecule has 0 amide bonds. The summed E-state index contributed by atoms with van der Waals surface area (Å²) < 4.78 is 0. The summed E-state index contributed by atoms with van der Waals surface area (Å²) in [6.07, 6.45) is 10.9. The van der Waals surface area contributed by atoms with E-state index in [4.69, 9.17) is 0 Å². The highest BCUT2D eigenvalue weighted by Gasteiger charge is 2.43. The van der Waals surface area contributed by atoms with Crippen molar-refractivity contribution in [3.05, 3.63) is 130 Å². The predicted molar refractivity (Wildman–Crippen MR) is 159 cm³/mol. The van der Waals surface area contributed by atoms with Crippen LogP contribution < -0.4 is 0 Å². The number of fused-ring (bicyclic) bond motifs is 2. The summed E-state index contributed by atoms with van der Waals surface area (Å²) in [5, 5.41) is 0. The van der Waals surface area contributed by atoms with E-state index in [1.165, 1.54) is 55.6 Å². The van der Waals surface area contributed by atoms with E-state index in [2.05, 4.69) is 136 Å². The summed E-state index contributed by atoms with van der Waals surface area (Å²) in [7, 11) is -1.80. The first-order valence-electron chi connectivity index (χ1n) is 13.3. The van der Waals surface area contributed by atoms with Crippen molar-refractivity contribution in [3.63, 3.8) is 0 Å². The molecule has 2 aliphatic carbocycles. The highest BCUT2D eigenvalue weighted by molar-refractivity contribution is 6.81. The second kappa shape index (κ2) is 8.91. The minimum Gasteiger partial charge on any atom is -0.0791 e. The fourth-order valence-corrected chi connectivity index (χ4v) is 10.3. The Balaban J connectivity index is 1.40. The Labute approximate surface area is 217 Å².